The molecule has 8 heteroatoms. The molecule has 1 fully saturated rings. The van der Waals surface area contributed by atoms with Crippen LogP contribution in [0.5, 0.6) is 0 Å². The Morgan fingerprint density at radius 2 is 2.27 bits per heavy atom. The maximum Gasteiger partial charge on any atom is 0.166 e. The van der Waals surface area contributed by atoms with Crippen LogP contribution >= 0.6 is 0 Å². The Hall–Kier alpha value is -1.77. The molecule has 120 valence electrons. The molecule has 8 nitrogen and oxygen atoms in total. The lowest BCUT2D eigenvalue weighted by molar-refractivity contribution is -0.00970. The summed E-state index contributed by atoms with van der Waals surface area (Å²) in [7, 11) is 0. The van der Waals surface area contributed by atoms with E-state index in [9.17, 15) is 10.3 Å². The second-order valence-corrected chi connectivity index (χ2v) is 5.65. The largest absolute Gasteiger partial charge is 0.396 e. The predicted molar refractivity (Wildman–Crippen MR) is 79.5 cm³/mol. The number of aromatic nitrogens is 4. The lowest BCUT2D eigenvalue weighted by Gasteiger charge is -2.13. The molecular formula is C14H21N5O3. The molecule has 0 amide bonds. The lowest BCUT2D eigenvalue weighted by Crippen LogP contribution is -2.14. The normalized spacial score (nSPS) is 25.0. The monoisotopic (exact) mass is 307 g/mol. The highest BCUT2D eigenvalue weighted by atomic mass is 16.5. The van der Waals surface area contributed by atoms with E-state index < -0.39 is 0 Å². The van der Waals surface area contributed by atoms with E-state index in [0.717, 1.165) is 12.8 Å². The fraction of sp³-hybridized carbons (Fsp3) is 0.643. The van der Waals surface area contributed by atoms with Crippen LogP contribution in [0.3, 0.4) is 0 Å². The molecule has 3 atom stereocenters. The van der Waals surface area contributed by atoms with Crippen molar-refractivity contribution in [3.05, 3.63) is 12.0 Å². The average molecular weight is 307 g/mol. The number of ether oxygens (including phenoxy) is 1. The van der Waals surface area contributed by atoms with Crippen LogP contribution in [-0.2, 0) is 11.2 Å². The van der Waals surface area contributed by atoms with Crippen LogP contribution < -0.4 is 5.48 Å². The van der Waals surface area contributed by atoms with Crippen LogP contribution in [0.25, 0.3) is 11.0 Å². The molecule has 0 bridgehead atoms. The molecule has 22 heavy (non-hydrogen) atoms. The number of nitrogens with zero attached hydrogens (tertiary/aromatic N) is 4. The minimum absolute atomic E-state index is 0.0363. The standard InChI is InChI=1S/C14H21N5O3/c1-3-10-8(2)6-11(22-10)19-14-12(9(17-19)4-5-20)13(18-21)15-7-16-14/h7-8,10-11,20-21H,3-6H2,1-2H3,(H,15,16,18). The van der Waals surface area contributed by atoms with Gasteiger partial charge in [-0.15, -0.1) is 0 Å². The Morgan fingerprint density at radius 1 is 1.45 bits per heavy atom. The van der Waals surface area contributed by atoms with E-state index >= 15 is 0 Å². The van der Waals surface area contributed by atoms with E-state index in [-0.39, 0.29) is 24.8 Å². The van der Waals surface area contributed by atoms with Gasteiger partial charge in [-0.05, 0) is 18.8 Å². The fourth-order valence-corrected chi connectivity index (χ4v) is 3.13. The number of hydrogen-bond donors (Lipinski definition) is 3. The lowest BCUT2D eigenvalue weighted by atomic mass is 10.0. The van der Waals surface area contributed by atoms with E-state index in [1.54, 1.807) is 4.68 Å². The molecule has 0 aromatic carbocycles. The molecule has 3 heterocycles. The van der Waals surface area contributed by atoms with Gasteiger partial charge < -0.3 is 9.84 Å². The summed E-state index contributed by atoms with van der Waals surface area (Å²) in [5.41, 5.74) is 3.32. The second-order valence-electron chi connectivity index (χ2n) is 5.65. The summed E-state index contributed by atoms with van der Waals surface area (Å²) in [4.78, 5) is 8.30. The number of aliphatic hydroxyl groups excluding tert-OH is 1. The zero-order valence-corrected chi connectivity index (χ0v) is 12.7. The molecule has 0 aliphatic carbocycles. The zero-order valence-electron chi connectivity index (χ0n) is 12.7. The van der Waals surface area contributed by atoms with Crippen LogP contribution in [0.4, 0.5) is 5.82 Å². The molecule has 1 aliphatic rings. The third kappa shape index (κ3) is 2.43. The third-order valence-electron chi connectivity index (χ3n) is 4.23. The zero-order chi connectivity index (χ0) is 15.7. The highest BCUT2D eigenvalue weighted by Crippen LogP contribution is 2.37. The van der Waals surface area contributed by atoms with Crippen LogP contribution in [0.1, 0.15) is 38.6 Å². The molecule has 0 spiro atoms. The summed E-state index contributed by atoms with van der Waals surface area (Å²) in [6.07, 6.45) is 3.58. The summed E-state index contributed by atoms with van der Waals surface area (Å²) >= 11 is 0. The second kappa shape index (κ2) is 6.15. The fourth-order valence-electron chi connectivity index (χ4n) is 3.13. The number of anilines is 1. The summed E-state index contributed by atoms with van der Waals surface area (Å²) in [5.74, 6) is 0.741. The SMILES string of the molecule is CCC1OC(n2nc(CCO)c3c(NO)ncnc32)CC1C. The number of fused-ring (bicyclic) bond motifs is 1. The van der Waals surface area contributed by atoms with Crippen LogP contribution in [0, 0.1) is 5.92 Å². The van der Waals surface area contributed by atoms with Gasteiger partial charge in [0.25, 0.3) is 0 Å². The Kier molecular flexibility index (Phi) is 4.23. The molecule has 3 N–H and O–H groups in total. The van der Waals surface area contributed by atoms with Crippen molar-refractivity contribution in [3.8, 4) is 0 Å². The first kappa shape index (κ1) is 15.1. The van der Waals surface area contributed by atoms with Gasteiger partial charge in [-0.25, -0.2) is 14.6 Å². The van der Waals surface area contributed by atoms with Crippen molar-refractivity contribution in [1.29, 1.82) is 0 Å². The van der Waals surface area contributed by atoms with Gasteiger partial charge >= 0.3 is 0 Å². The van der Waals surface area contributed by atoms with Crippen LogP contribution in [-0.4, -0.2) is 42.8 Å². The first-order valence-corrected chi connectivity index (χ1v) is 7.58. The molecule has 3 rings (SSSR count). The van der Waals surface area contributed by atoms with Crippen molar-refractivity contribution in [2.24, 2.45) is 5.92 Å². The minimum Gasteiger partial charge on any atom is -0.396 e. The maximum atomic E-state index is 9.25. The summed E-state index contributed by atoms with van der Waals surface area (Å²) in [6, 6.07) is 0. The van der Waals surface area contributed by atoms with Crippen molar-refractivity contribution >= 4 is 16.9 Å². The molecule has 0 saturated carbocycles. The van der Waals surface area contributed by atoms with Crippen molar-refractivity contribution in [1.82, 2.24) is 19.7 Å². The van der Waals surface area contributed by atoms with E-state index in [4.69, 9.17) is 4.74 Å². The van der Waals surface area contributed by atoms with Gasteiger partial charge in [0.2, 0.25) is 0 Å². The van der Waals surface area contributed by atoms with Crippen molar-refractivity contribution in [2.75, 3.05) is 12.1 Å². The van der Waals surface area contributed by atoms with E-state index in [1.807, 2.05) is 0 Å². The molecular weight excluding hydrogens is 286 g/mol. The van der Waals surface area contributed by atoms with Gasteiger partial charge in [0, 0.05) is 13.0 Å². The topological polar surface area (TPSA) is 105 Å². The first-order chi connectivity index (χ1) is 10.7. The molecule has 2 aromatic rings. The highest BCUT2D eigenvalue weighted by molar-refractivity contribution is 5.89. The quantitative estimate of drug-likeness (QED) is 0.719. The highest BCUT2D eigenvalue weighted by Gasteiger charge is 2.34. The van der Waals surface area contributed by atoms with Crippen LogP contribution in [0.15, 0.2) is 6.33 Å². The number of aliphatic hydroxyl groups is 1. The first-order valence-electron chi connectivity index (χ1n) is 7.58. The molecule has 1 saturated heterocycles. The van der Waals surface area contributed by atoms with Gasteiger partial charge in [-0.3, -0.25) is 10.7 Å². The Balaban J connectivity index is 2.07. The van der Waals surface area contributed by atoms with Crippen molar-refractivity contribution in [2.45, 2.75) is 45.4 Å². The molecule has 0 radical (unpaired) electrons. The maximum absolute atomic E-state index is 9.25. The van der Waals surface area contributed by atoms with Gasteiger partial charge in [0.05, 0.1) is 17.2 Å². The van der Waals surface area contributed by atoms with Gasteiger partial charge in [0.1, 0.15) is 6.33 Å². The Morgan fingerprint density at radius 3 is 2.91 bits per heavy atom. The Bertz CT molecular complexity index is 659. The summed E-state index contributed by atoms with van der Waals surface area (Å²) in [6.45, 7) is 4.24. The van der Waals surface area contributed by atoms with Crippen molar-refractivity contribution < 1.29 is 15.1 Å². The van der Waals surface area contributed by atoms with E-state index in [1.165, 1.54) is 6.33 Å². The third-order valence-corrected chi connectivity index (χ3v) is 4.23. The summed E-state index contributed by atoms with van der Waals surface area (Å²) < 4.78 is 7.82. The average Bonchev–Trinajstić information content (AvgIpc) is 3.08. The van der Waals surface area contributed by atoms with Gasteiger partial charge in [0.15, 0.2) is 17.7 Å². The predicted octanol–water partition coefficient (Wildman–Crippen LogP) is 1.50. The van der Waals surface area contributed by atoms with Gasteiger partial charge in [-0.2, -0.15) is 5.10 Å². The minimum atomic E-state index is -0.184. The van der Waals surface area contributed by atoms with E-state index in [2.05, 4.69) is 34.4 Å². The van der Waals surface area contributed by atoms with E-state index in [0.29, 0.717) is 29.1 Å². The smallest absolute Gasteiger partial charge is 0.166 e. The van der Waals surface area contributed by atoms with Gasteiger partial charge in [-0.1, -0.05) is 13.8 Å². The van der Waals surface area contributed by atoms with Crippen LogP contribution in [0.2, 0.25) is 0 Å². The summed E-state index contributed by atoms with van der Waals surface area (Å²) in [5, 5.41) is 23.7. The number of nitrogens with one attached hydrogen (secondary N) is 1. The number of rotatable bonds is 5. The van der Waals surface area contributed by atoms with Crippen molar-refractivity contribution in [3.63, 3.8) is 0 Å². The molecule has 1 aliphatic heterocycles. The Labute approximate surface area is 128 Å². The molecule has 2 aromatic heterocycles. The number of hydrogen-bond acceptors (Lipinski definition) is 7. The molecule has 3 unspecified atom stereocenters.